The third-order valence-corrected chi connectivity index (χ3v) is 2.81. The molecule has 15 heavy (non-hydrogen) atoms. The van der Waals surface area contributed by atoms with Gasteiger partial charge < -0.3 is 0 Å². The van der Waals surface area contributed by atoms with E-state index < -0.39 is 0 Å². The van der Waals surface area contributed by atoms with Crippen molar-refractivity contribution in [3.63, 3.8) is 0 Å². The summed E-state index contributed by atoms with van der Waals surface area (Å²) in [7, 11) is 0. The summed E-state index contributed by atoms with van der Waals surface area (Å²) in [5.41, 5.74) is 1.89. The highest BCUT2D eigenvalue weighted by Crippen LogP contribution is 2.20. The molecular formula is C13H13BrO. The summed E-state index contributed by atoms with van der Waals surface area (Å²) >= 11 is 3.40. The van der Waals surface area contributed by atoms with E-state index in [0.717, 1.165) is 22.0 Å². The number of rotatable bonds is 4. The zero-order chi connectivity index (χ0) is 11.3. The summed E-state index contributed by atoms with van der Waals surface area (Å²) in [6, 6.07) is 5.76. The summed E-state index contributed by atoms with van der Waals surface area (Å²) in [6.45, 7) is 2.00. The van der Waals surface area contributed by atoms with Gasteiger partial charge in [0.2, 0.25) is 0 Å². The number of benzene rings is 1. The number of carbonyl (C=O) groups is 1. The maximum absolute atomic E-state index is 11.8. The quantitative estimate of drug-likeness (QED) is 0.460. The Balaban J connectivity index is 2.70. The first-order chi connectivity index (χ1) is 7.15. The SMILES string of the molecule is C#CCCCC(=O)c1ccc(C)cc1Br. The maximum Gasteiger partial charge on any atom is 0.164 e. The van der Waals surface area contributed by atoms with Crippen molar-refractivity contribution in [1.82, 2.24) is 0 Å². The molecule has 0 atom stereocenters. The Morgan fingerprint density at radius 3 is 2.87 bits per heavy atom. The van der Waals surface area contributed by atoms with Crippen molar-refractivity contribution in [3.05, 3.63) is 33.8 Å². The zero-order valence-corrected chi connectivity index (χ0v) is 10.3. The summed E-state index contributed by atoms with van der Waals surface area (Å²) < 4.78 is 0.869. The monoisotopic (exact) mass is 264 g/mol. The third-order valence-electron chi connectivity index (χ3n) is 2.15. The predicted octanol–water partition coefficient (Wildman–Crippen LogP) is 3.74. The van der Waals surface area contributed by atoms with Crippen molar-refractivity contribution in [2.45, 2.75) is 26.2 Å². The molecule has 0 aliphatic heterocycles. The molecule has 0 fully saturated rings. The first-order valence-corrected chi connectivity index (χ1v) is 5.67. The number of hydrogen-bond acceptors (Lipinski definition) is 1. The lowest BCUT2D eigenvalue weighted by atomic mass is 10.0. The van der Waals surface area contributed by atoms with Gasteiger partial charge in [0.1, 0.15) is 0 Å². The van der Waals surface area contributed by atoms with Crippen LogP contribution in [0.2, 0.25) is 0 Å². The van der Waals surface area contributed by atoms with E-state index in [-0.39, 0.29) is 5.78 Å². The van der Waals surface area contributed by atoms with Gasteiger partial charge in [0.05, 0.1) is 0 Å². The molecule has 0 aliphatic rings. The molecule has 1 aromatic carbocycles. The Bertz CT molecular complexity index is 401. The molecular weight excluding hydrogens is 252 g/mol. The number of aryl methyl sites for hydroxylation is 1. The maximum atomic E-state index is 11.8. The van der Waals surface area contributed by atoms with Crippen molar-refractivity contribution in [3.8, 4) is 12.3 Å². The average molecular weight is 265 g/mol. The van der Waals surface area contributed by atoms with Crippen molar-refractivity contribution in [2.75, 3.05) is 0 Å². The molecule has 1 aromatic rings. The standard InChI is InChI=1S/C13H13BrO/c1-3-4-5-6-13(15)11-8-7-10(2)9-12(11)14/h1,7-9H,4-6H2,2H3. The van der Waals surface area contributed by atoms with Gasteiger partial charge in [-0.2, -0.15) is 0 Å². The number of hydrogen-bond donors (Lipinski definition) is 0. The summed E-state index contributed by atoms with van der Waals surface area (Å²) in [4.78, 5) is 11.8. The molecule has 0 unspecified atom stereocenters. The van der Waals surface area contributed by atoms with Gasteiger partial charge in [-0.3, -0.25) is 4.79 Å². The van der Waals surface area contributed by atoms with Gasteiger partial charge in [0.25, 0.3) is 0 Å². The van der Waals surface area contributed by atoms with Gasteiger partial charge >= 0.3 is 0 Å². The van der Waals surface area contributed by atoms with Crippen molar-refractivity contribution in [2.24, 2.45) is 0 Å². The minimum absolute atomic E-state index is 0.150. The Kier molecular flexibility index (Phi) is 4.58. The van der Waals surface area contributed by atoms with Crippen molar-refractivity contribution in [1.29, 1.82) is 0 Å². The van der Waals surface area contributed by atoms with Crippen LogP contribution in [0, 0.1) is 19.3 Å². The lowest BCUT2D eigenvalue weighted by molar-refractivity contribution is 0.0980. The molecule has 0 heterocycles. The highest BCUT2D eigenvalue weighted by Gasteiger charge is 2.08. The smallest absolute Gasteiger partial charge is 0.164 e. The average Bonchev–Trinajstić information content (AvgIpc) is 2.17. The second kappa shape index (κ2) is 5.72. The lowest BCUT2D eigenvalue weighted by Crippen LogP contribution is -2.00. The molecule has 0 saturated carbocycles. The van der Waals surface area contributed by atoms with Crippen LogP contribution < -0.4 is 0 Å². The summed E-state index contributed by atoms with van der Waals surface area (Å²) in [5.74, 6) is 2.68. The molecule has 0 aromatic heterocycles. The van der Waals surface area contributed by atoms with E-state index in [0.29, 0.717) is 12.8 Å². The van der Waals surface area contributed by atoms with Crippen LogP contribution in [-0.4, -0.2) is 5.78 Å². The highest BCUT2D eigenvalue weighted by molar-refractivity contribution is 9.10. The van der Waals surface area contributed by atoms with E-state index in [1.54, 1.807) is 0 Å². The van der Waals surface area contributed by atoms with Gasteiger partial charge in [-0.15, -0.1) is 12.3 Å². The topological polar surface area (TPSA) is 17.1 Å². The number of unbranched alkanes of at least 4 members (excludes halogenated alkanes) is 1. The molecule has 0 radical (unpaired) electrons. The summed E-state index contributed by atoms with van der Waals surface area (Å²) in [5, 5.41) is 0. The molecule has 1 rings (SSSR count). The van der Waals surface area contributed by atoms with E-state index >= 15 is 0 Å². The van der Waals surface area contributed by atoms with E-state index in [1.165, 1.54) is 0 Å². The van der Waals surface area contributed by atoms with Crippen LogP contribution in [0.15, 0.2) is 22.7 Å². The van der Waals surface area contributed by atoms with E-state index in [2.05, 4.69) is 21.9 Å². The van der Waals surface area contributed by atoms with Crippen LogP contribution in [-0.2, 0) is 0 Å². The molecule has 2 heteroatoms. The molecule has 0 bridgehead atoms. The van der Waals surface area contributed by atoms with Crippen LogP contribution in [0.3, 0.4) is 0 Å². The molecule has 0 aliphatic carbocycles. The van der Waals surface area contributed by atoms with E-state index in [1.807, 2.05) is 25.1 Å². The second-order valence-corrected chi connectivity index (χ2v) is 4.32. The van der Waals surface area contributed by atoms with Gasteiger partial charge in [-0.25, -0.2) is 0 Å². The minimum Gasteiger partial charge on any atom is -0.294 e. The highest BCUT2D eigenvalue weighted by atomic mass is 79.9. The van der Waals surface area contributed by atoms with E-state index in [9.17, 15) is 4.79 Å². The Morgan fingerprint density at radius 2 is 2.27 bits per heavy atom. The fourth-order valence-corrected chi connectivity index (χ4v) is 2.05. The summed E-state index contributed by atoms with van der Waals surface area (Å²) in [6.07, 6.45) is 7.07. The minimum atomic E-state index is 0.150. The third kappa shape index (κ3) is 3.53. The Labute approximate surface area is 99.0 Å². The first kappa shape index (κ1) is 12.0. The molecule has 0 amide bonds. The van der Waals surface area contributed by atoms with E-state index in [4.69, 9.17) is 6.42 Å². The number of Topliss-reactive ketones (excluding diaryl/α,β-unsaturated/α-hetero) is 1. The van der Waals surface area contributed by atoms with Crippen LogP contribution in [0.25, 0.3) is 0 Å². The fourth-order valence-electron chi connectivity index (χ4n) is 1.33. The Hall–Kier alpha value is -1.07. The van der Waals surface area contributed by atoms with Crippen molar-refractivity contribution >= 4 is 21.7 Å². The van der Waals surface area contributed by atoms with Crippen molar-refractivity contribution < 1.29 is 4.79 Å². The Morgan fingerprint density at radius 1 is 1.53 bits per heavy atom. The van der Waals surface area contributed by atoms with Crippen LogP contribution in [0.1, 0.15) is 35.2 Å². The van der Waals surface area contributed by atoms with Gasteiger partial charge in [0.15, 0.2) is 5.78 Å². The molecule has 78 valence electrons. The van der Waals surface area contributed by atoms with Crippen LogP contribution in [0.4, 0.5) is 0 Å². The van der Waals surface area contributed by atoms with Gasteiger partial charge in [-0.05, 0) is 25.0 Å². The van der Waals surface area contributed by atoms with Gasteiger partial charge in [-0.1, -0.05) is 28.1 Å². The lowest BCUT2D eigenvalue weighted by Gasteiger charge is -2.03. The van der Waals surface area contributed by atoms with Crippen LogP contribution in [0.5, 0.6) is 0 Å². The molecule has 0 spiro atoms. The zero-order valence-electron chi connectivity index (χ0n) is 8.72. The molecule has 0 N–H and O–H groups in total. The number of halogens is 1. The first-order valence-electron chi connectivity index (χ1n) is 4.88. The van der Waals surface area contributed by atoms with Gasteiger partial charge in [0, 0.05) is 22.9 Å². The predicted molar refractivity (Wildman–Crippen MR) is 65.9 cm³/mol. The fraction of sp³-hybridized carbons (Fsp3) is 0.308. The number of carbonyl (C=O) groups excluding carboxylic acids is 1. The molecule has 0 saturated heterocycles. The second-order valence-electron chi connectivity index (χ2n) is 3.46. The number of ketones is 1. The molecule has 1 nitrogen and oxygen atoms in total. The normalized spacial score (nSPS) is 9.67. The largest absolute Gasteiger partial charge is 0.294 e. The number of terminal acetylenes is 1. The van der Waals surface area contributed by atoms with Crippen LogP contribution >= 0.6 is 15.9 Å².